The molecule has 0 aliphatic heterocycles. The number of amides is 1. The third-order valence-corrected chi connectivity index (χ3v) is 3.20. The summed E-state index contributed by atoms with van der Waals surface area (Å²) in [6.07, 6.45) is -0.312. The second kappa shape index (κ2) is 4.41. The maximum absolute atomic E-state index is 13.0. The zero-order valence-corrected chi connectivity index (χ0v) is 9.54. The predicted octanol–water partition coefficient (Wildman–Crippen LogP) is 2.56. The van der Waals surface area contributed by atoms with Crippen molar-refractivity contribution in [2.24, 2.45) is 5.92 Å². The van der Waals surface area contributed by atoms with Gasteiger partial charge >= 0.3 is 6.09 Å². The zero-order valence-electron chi connectivity index (χ0n) is 8.78. The summed E-state index contributed by atoms with van der Waals surface area (Å²) in [5.41, 5.74) is 0.577. The standard InChI is InChI=1S/C11H11ClFNO3/c12-8-2-7(10(15)3-9(8)13)6-1-5(6)4-14-11(16)17/h2-3,5-6,14-15H,1,4H2,(H,16,17). The van der Waals surface area contributed by atoms with Gasteiger partial charge in [-0.2, -0.15) is 0 Å². The molecule has 4 nitrogen and oxygen atoms in total. The van der Waals surface area contributed by atoms with E-state index in [1.165, 1.54) is 6.07 Å². The molecule has 1 aliphatic carbocycles. The molecule has 0 bridgehead atoms. The van der Waals surface area contributed by atoms with Crippen LogP contribution in [0.5, 0.6) is 5.75 Å². The highest BCUT2D eigenvalue weighted by Crippen LogP contribution is 2.50. The summed E-state index contributed by atoms with van der Waals surface area (Å²) in [4.78, 5) is 10.3. The van der Waals surface area contributed by atoms with Crippen molar-refractivity contribution in [1.82, 2.24) is 5.32 Å². The van der Waals surface area contributed by atoms with Gasteiger partial charge in [-0.1, -0.05) is 11.6 Å². The fourth-order valence-electron chi connectivity index (χ4n) is 1.92. The molecule has 1 saturated carbocycles. The molecular formula is C11H11ClFNO3. The Labute approximate surface area is 102 Å². The normalized spacial score (nSPS) is 22.2. The summed E-state index contributed by atoms with van der Waals surface area (Å²) in [6.45, 7) is 0.328. The minimum atomic E-state index is -1.07. The molecule has 3 N–H and O–H groups in total. The fraction of sp³-hybridized carbons (Fsp3) is 0.364. The molecule has 1 aliphatic rings. The lowest BCUT2D eigenvalue weighted by Crippen LogP contribution is -2.23. The Hall–Kier alpha value is -1.49. The summed E-state index contributed by atoms with van der Waals surface area (Å²) in [6, 6.07) is 2.38. The van der Waals surface area contributed by atoms with Crippen LogP contribution >= 0.6 is 11.6 Å². The van der Waals surface area contributed by atoms with E-state index < -0.39 is 11.9 Å². The minimum absolute atomic E-state index is 0.0327. The molecule has 0 radical (unpaired) electrons. The van der Waals surface area contributed by atoms with E-state index in [1.54, 1.807) is 0 Å². The molecule has 2 atom stereocenters. The van der Waals surface area contributed by atoms with Crippen LogP contribution in [0.25, 0.3) is 0 Å². The second-order valence-corrected chi connectivity index (χ2v) is 4.52. The molecule has 17 heavy (non-hydrogen) atoms. The molecule has 1 aromatic carbocycles. The topological polar surface area (TPSA) is 69.6 Å². The van der Waals surface area contributed by atoms with Crippen LogP contribution < -0.4 is 5.32 Å². The number of rotatable bonds is 3. The molecule has 1 amide bonds. The van der Waals surface area contributed by atoms with E-state index in [9.17, 15) is 14.3 Å². The molecule has 0 aromatic heterocycles. The van der Waals surface area contributed by atoms with Gasteiger partial charge in [0.05, 0.1) is 5.02 Å². The maximum Gasteiger partial charge on any atom is 0.404 e. The molecule has 0 saturated heterocycles. The Morgan fingerprint density at radius 1 is 1.59 bits per heavy atom. The molecule has 2 unspecified atom stereocenters. The number of carbonyl (C=O) groups is 1. The van der Waals surface area contributed by atoms with Crippen molar-refractivity contribution in [2.75, 3.05) is 6.54 Å². The number of benzene rings is 1. The van der Waals surface area contributed by atoms with Gasteiger partial charge in [0.15, 0.2) is 0 Å². The lowest BCUT2D eigenvalue weighted by Gasteiger charge is -2.05. The first-order valence-corrected chi connectivity index (χ1v) is 5.51. The first kappa shape index (κ1) is 12.0. The molecule has 0 spiro atoms. The van der Waals surface area contributed by atoms with Gasteiger partial charge < -0.3 is 15.5 Å². The van der Waals surface area contributed by atoms with E-state index in [2.05, 4.69) is 5.32 Å². The van der Waals surface area contributed by atoms with Crippen LogP contribution in [-0.2, 0) is 0 Å². The SMILES string of the molecule is O=C(O)NCC1CC1c1cc(Cl)c(F)cc1O. The molecule has 6 heteroatoms. The Morgan fingerprint density at radius 2 is 2.29 bits per heavy atom. The van der Waals surface area contributed by atoms with E-state index in [0.717, 1.165) is 12.5 Å². The average Bonchev–Trinajstić information content (AvgIpc) is 3.00. The average molecular weight is 260 g/mol. The highest BCUT2D eigenvalue weighted by molar-refractivity contribution is 6.30. The monoisotopic (exact) mass is 259 g/mol. The number of aromatic hydroxyl groups is 1. The van der Waals surface area contributed by atoms with E-state index >= 15 is 0 Å². The summed E-state index contributed by atoms with van der Waals surface area (Å²) >= 11 is 5.64. The summed E-state index contributed by atoms with van der Waals surface area (Å²) < 4.78 is 13.0. The van der Waals surface area contributed by atoms with Crippen LogP contribution in [0, 0.1) is 11.7 Å². The van der Waals surface area contributed by atoms with Crippen molar-refractivity contribution < 1.29 is 19.4 Å². The third kappa shape index (κ3) is 2.61. The minimum Gasteiger partial charge on any atom is -0.508 e. The molecule has 1 aromatic rings. The van der Waals surface area contributed by atoms with Gasteiger partial charge in [-0.05, 0) is 29.9 Å². The number of phenols is 1. The Kier molecular flexibility index (Phi) is 3.11. The van der Waals surface area contributed by atoms with Crippen molar-refractivity contribution in [1.29, 1.82) is 0 Å². The quantitative estimate of drug-likeness (QED) is 0.781. The van der Waals surface area contributed by atoms with Crippen molar-refractivity contribution in [3.05, 3.63) is 28.5 Å². The first-order chi connectivity index (χ1) is 7.99. The Bertz CT molecular complexity index is 466. The lowest BCUT2D eigenvalue weighted by molar-refractivity contribution is 0.194. The molecule has 2 rings (SSSR count). The van der Waals surface area contributed by atoms with E-state index in [-0.39, 0.29) is 22.6 Å². The molecular weight excluding hydrogens is 249 g/mol. The van der Waals surface area contributed by atoms with Crippen LogP contribution in [-0.4, -0.2) is 22.9 Å². The van der Waals surface area contributed by atoms with Crippen LogP contribution in [0.15, 0.2) is 12.1 Å². The molecule has 1 fully saturated rings. The van der Waals surface area contributed by atoms with Crippen LogP contribution in [0.1, 0.15) is 17.9 Å². The van der Waals surface area contributed by atoms with Gasteiger partial charge in [0.1, 0.15) is 11.6 Å². The first-order valence-electron chi connectivity index (χ1n) is 5.13. The number of hydrogen-bond acceptors (Lipinski definition) is 2. The Balaban J connectivity index is 2.05. The van der Waals surface area contributed by atoms with Gasteiger partial charge in [0.25, 0.3) is 0 Å². The van der Waals surface area contributed by atoms with E-state index in [1.807, 2.05) is 0 Å². The van der Waals surface area contributed by atoms with Gasteiger partial charge in [0.2, 0.25) is 0 Å². The zero-order chi connectivity index (χ0) is 12.6. The van der Waals surface area contributed by atoms with Crippen LogP contribution in [0.3, 0.4) is 0 Å². The fourth-order valence-corrected chi connectivity index (χ4v) is 2.09. The number of carboxylic acid groups (broad SMARTS) is 1. The largest absolute Gasteiger partial charge is 0.508 e. The summed E-state index contributed by atoms with van der Waals surface area (Å²) in [5.74, 6) is -0.609. The Morgan fingerprint density at radius 3 is 2.94 bits per heavy atom. The van der Waals surface area contributed by atoms with Gasteiger partial charge in [0, 0.05) is 12.6 Å². The third-order valence-electron chi connectivity index (χ3n) is 2.91. The smallest absolute Gasteiger partial charge is 0.404 e. The van der Waals surface area contributed by atoms with E-state index in [0.29, 0.717) is 12.1 Å². The van der Waals surface area contributed by atoms with Gasteiger partial charge in [-0.15, -0.1) is 0 Å². The van der Waals surface area contributed by atoms with E-state index in [4.69, 9.17) is 16.7 Å². The van der Waals surface area contributed by atoms with Crippen LogP contribution in [0.4, 0.5) is 9.18 Å². The van der Waals surface area contributed by atoms with Gasteiger partial charge in [-0.25, -0.2) is 9.18 Å². The van der Waals surface area contributed by atoms with Crippen molar-refractivity contribution in [2.45, 2.75) is 12.3 Å². The van der Waals surface area contributed by atoms with Crippen molar-refractivity contribution in [3.8, 4) is 5.75 Å². The lowest BCUT2D eigenvalue weighted by atomic mass is 10.1. The highest BCUT2D eigenvalue weighted by atomic mass is 35.5. The van der Waals surface area contributed by atoms with Crippen molar-refractivity contribution >= 4 is 17.7 Å². The summed E-state index contributed by atoms with van der Waals surface area (Å²) in [5, 5.41) is 20.3. The number of nitrogens with one attached hydrogen (secondary N) is 1. The maximum atomic E-state index is 13.0. The number of phenolic OH excluding ortho intramolecular Hbond substituents is 1. The highest BCUT2D eigenvalue weighted by Gasteiger charge is 2.40. The summed E-state index contributed by atoms with van der Waals surface area (Å²) in [7, 11) is 0. The molecule has 0 heterocycles. The number of halogens is 2. The van der Waals surface area contributed by atoms with Gasteiger partial charge in [-0.3, -0.25) is 0 Å². The van der Waals surface area contributed by atoms with Crippen molar-refractivity contribution in [3.63, 3.8) is 0 Å². The number of hydrogen-bond donors (Lipinski definition) is 3. The second-order valence-electron chi connectivity index (χ2n) is 4.11. The van der Waals surface area contributed by atoms with Crippen LogP contribution in [0.2, 0.25) is 5.02 Å². The molecule has 92 valence electrons. The predicted molar refractivity (Wildman–Crippen MR) is 60.0 cm³/mol.